The topological polar surface area (TPSA) is 93.8 Å². The number of benzene rings is 1. The monoisotopic (exact) mass is 248 g/mol. The molecular formula is C12H16N4O2. The third kappa shape index (κ3) is 3.21. The Morgan fingerprint density at radius 3 is 2.89 bits per heavy atom. The van der Waals surface area contributed by atoms with Crippen LogP contribution in [0.2, 0.25) is 0 Å². The van der Waals surface area contributed by atoms with Crippen LogP contribution in [-0.2, 0) is 6.42 Å². The standard InChI is InChI=1S/C12H16N4O2/c1-8-4-2-3-5-10(8)13-7-9(17)6-11-14-12(18)16-15-11/h2-5,9,13,17H,6-7H2,1H3,(H2,14,15,16,18). The molecule has 0 saturated heterocycles. The van der Waals surface area contributed by atoms with Crippen LogP contribution in [0, 0.1) is 6.92 Å². The van der Waals surface area contributed by atoms with Gasteiger partial charge in [-0.2, -0.15) is 5.10 Å². The molecule has 0 aliphatic rings. The number of hydrogen-bond donors (Lipinski definition) is 4. The second-order valence-electron chi connectivity index (χ2n) is 4.18. The molecule has 6 nitrogen and oxygen atoms in total. The molecule has 0 aliphatic carbocycles. The quantitative estimate of drug-likeness (QED) is 0.617. The molecule has 4 N–H and O–H groups in total. The van der Waals surface area contributed by atoms with Gasteiger partial charge in [0, 0.05) is 18.7 Å². The summed E-state index contributed by atoms with van der Waals surface area (Å²) in [5, 5.41) is 19.0. The molecule has 2 aromatic rings. The Balaban J connectivity index is 1.87. The number of aromatic nitrogens is 3. The highest BCUT2D eigenvalue weighted by Crippen LogP contribution is 2.12. The highest BCUT2D eigenvalue weighted by molar-refractivity contribution is 5.50. The predicted molar refractivity (Wildman–Crippen MR) is 68.6 cm³/mol. The lowest BCUT2D eigenvalue weighted by molar-refractivity contribution is 0.185. The van der Waals surface area contributed by atoms with Crippen LogP contribution >= 0.6 is 0 Å². The van der Waals surface area contributed by atoms with E-state index >= 15 is 0 Å². The number of nitrogens with one attached hydrogen (secondary N) is 3. The Hall–Kier alpha value is -2.08. The van der Waals surface area contributed by atoms with Crippen molar-refractivity contribution in [3.8, 4) is 0 Å². The summed E-state index contributed by atoms with van der Waals surface area (Å²) in [6, 6.07) is 7.86. The molecule has 96 valence electrons. The first-order valence-electron chi connectivity index (χ1n) is 5.76. The van der Waals surface area contributed by atoms with Crippen LogP contribution in [0.5, 0.6) is 0 Å². The van der Waals surface area contributed by atoms with E-state index in [0.29, 0.717) is 18.8 Å². The van der Waals surface area contributed by atoms with Crippen molar-refractivity contribution in [1.29, 1.82) is 0 Å². The van der Waals surface area contributed by atoms with E-state index in [9.17, 15) is 9.90 Å². The second kappa shape index (κ2) is 5.50. The molecule has 0 radical (unpaired) electrons. The van der Waals surface area contributed by atoms with Crippen LogP contribution in [0.3, 0.4) is 0 Å². The Morgan fingerprint density at radius 1 is 1.44 bits per heavy atom. The fraction of sp³-hybridized carbons (Fsp3) is 0.333. The average molecular weight is 248 g/mol. The minimum atomic E-state index is -0.608. The summed E-state index contributed by atoms with van der Waals surface area (Å²) in [7, 11) is 0. The highest BCUT2D eigenvalue weighted by Gasteiger charge is 2.08. The van der Waals surface area contributed by atoms with Gasteiger partial charge in [-0.25, -0.2) is 9.89 Å². The van der Waals surface area contributed by atoms with Crippen LogP contribution in [0.25, 0.3) is 0 Å². The lowest BCUT2D eigenvalue weighted by Gasteiger charge is -2.13. The van der Waals surface area contributed by atoms with Gasteiger partial charge < -0.3 is 10.4 Å². The van der Waals surface area contributed by atoms with Gasteiger partial charge in [0.25, 0.3) is 0 Å². The van der Waals surface area contributed by atoms with Crippen LogP contribution in [0.15, 0.2) is 29.1 Å². The first-order chi connectivity index (χ1) is 8.65. The van der Waals surface area contributed by atoms with Crippen molar-refractivity contribution in [2.24, 2.45) is 0 Å². The van der Waals surface area contributed by atoms with Gasteiger partial charge in [-0.05, 0) is 18.6 Å². The van der Waals surface area contributed by atoms with Gasteiger partial charge >= 0.3 is 5.69 Å². The number of aliphatic hydroxyl groups excluding tert-OH is 1. The predicted octanol–water partition coefficient (Wildman–Crippen LogP) is 0.422. The summed E-state index contributed by atoms with van der Waals surface area (Å²) in [6.07, 6.45) is -0.305. The normalized spacial score (nSPS) is 12.3. The van der Waals surface area contributed by atoms with E-state index < -0.39 is 6.10 Å². The third-order valence-corrected chi connectivity index (χ3v) is 2.65. The SMILES string of the molecule is Cc1ccccc1NCC(O)Cc1n[nH]c(=O)[nH]1. The van der Waals surface area contributed by atoms with Crippen LogP contribution in [0.4, 0.5) is 5.69 Å². The number of rotatable bonds is 5. The van der Waals surface area contributed by atoms with E-state index in [4.69, 9.17) is 0 Å². The first kappa shape index (κ1) is 12.4. The van der Waals surface area contributed by atoms with Gasteiger partial charge in [-0.1, -0.05) is 18.2 Å². The first-order valence-corrected chi connectivity index (χ1v) is 5.76. The lowest BCUT2D eigenvalue weighted by Crippen LogP contribution is -2.23. The van der Waals surface area contributed by atoms with Gasteiger partial charge in [0.05, 0.1) is 6.10 Å². The number of para-hydroxylation sites is 1. The average Bonchev–Trinajstić information content (AvgIpc) is 2.74. The molecule has 1 heterocycles. The smallest absolute Gasteiger partial charge is 0.340 e. The number of hydrogen-bond acceptors (Lipinski definition) is 4. The summed E-state index contributed by atoms with van der Waals surface area (Å²) in [6.45, 7) is 2.40. The number of anilines is 1. The summed E-state index contributed by atoms with van der Waals surface area (Å²) in [5.74, 6) is 0.457. The van der Waals surface area contributed by atoms with Gasteiger partial charge in [-0.15, -0.1) is 0 Å². The van der Waals surface area contributed by atoms with E-state index in [1.54, 1.807) is 0 Å². The Bertz CT molecular complexity index is 561. The molecule has 18 heavy (non-hydrogen) atoms. The van der Waals surface area contributed by atoms with Gasteiger partial charge in [-0.3, -0.25) is 4.98 Å². The molecule has 0 amide bonds. The van der Waals surface area contributed by atoms with Gasteiger partial charge in [0.1, 0.15) is 5.82 Å². The molecule has 0 aliphatic heterocycles. The zero-order chi connectivity index (χ0) is 13.0. The van der Waals surface area contributed by atoms with Crippen molar-refractivity contribution in [2.45, 2.75) is 19.4 Å². The molecule has 2 rings (SSSR count). The molecule has 0 fully saturated rings. The van der Waals surface area contributed by atoms with Gasteiger partial charge in [0.2, 0.25) is 0 Å². The second-order valence-corrected chi connectivity index (χ2v) is 4.18. The zero-order valence-corrected chi connectivity index (χ0v) is 10.1. The van der Waals surface area contributed by atoms with Gasteiger partial charge in [0.15, 0.2) is 0 Å². The Morgan fingerprint density at radius 2 is 2.22 bits per heavy atom. The number of nitrogens with zero attached hydrogens (tertiary/aromatic N) is 1. The van der Waals surface area contributed by atoms with Crippen molar-refractivity contribution >= 4 is 5.69 Å². The summed E-state index contributed by atoms with van der Waals surface area (Å²) < 4.78 is 0. The molecule has 1 atom stereocenters. The maximum absolute atomic E-state index is 10.8. The maximum Gasteiger partial charge on any atom is 0.340 e. The minimum absolute atomic E-state index is 0.303. The third-order valence-electron chi connectivity index (χ3n) is 2.65. The minimum Gasteiger partial charge on any atom is -0.391 e. The molecule has 1 aromatic carbocycles. The van der Waals surface area contributed by atoms with E-state index in [-0.39, 0.29) is 5.69 Å². The molecule has 1 aromatic heterocycles. The lowest BCUT2D eigenvalue weighted by atomic mass is 10.2. The molecule has 0 spiro atoms. The number of aromatic amines is 2. The highest BCUT2D eigenvalue weighted by atomic mass is 16.3. The van der Waals surface area contributed by atoms with Crippen LogP contribution < -0.4 is 11.0 Å². The molecule has 1 unspecified atom stereocenters. The van der Waals surface area contributed by atoms with Crippen LogP contribution in [0.1, 0.15) is 11.4 Å². The summed E-state index contributed by atoms with van der Waals surface area (Å²) >= 11 is 0. The number of aliphatic hydroxyl groups is 1. The molecule has 0 saturated carbocycles. The van der Waals surface area contributed by atoms with Crippen molar-refractivity contribution in [1.82, 2.24) is 15.2 Å². The van der Waals surface area contributed by atoms with E-state index in [2.05, 4.69) is 20.5 Å². The number of H-pyrrole nitrogens is 2. The fourth-order valence-corrected chi connectivity index (χ4v) is 1.70. The maximum atomic E-state index is 10.8. The largest absolute Gasteiger partial charge is 0.391 e. The Labute approximate surface area is 104 Å². The zero-order valence-electron chi connectivity index (χ0n) is 10.1. The van der Waals surface area contributed by atoms with Crippen molar-refractivity contribution in [3.63, 3.8) is 0 Å². The summed E-state index contributed by atoms with van der Waals surface area (Å²) in [5.41, 5.74) is 1.76. The molecule has 6 heteroatoms. The van der Waals surface area contributed by atoms with Crippen molar-refractivity contribution in [2.75, 3.05) is 11.9 Å². The number of aryl methyl sites for hydroxylation is 1. The van der Waals surface area contributed by atoms with E-state index in [1.165, 1.54) is 0 Å². The summed E-state index contributed by atoms with van der Waals surface area (Å²) in [4.78, 5) is 13.3. The van der Waals surface area contributed by atoms with E-state index in [1.807, 2.05) is 31.2 Å². The fourth-order valence-electron chi connectivity index (χ4n) is 1.70. The van der Waals surface area contributed by atoms with Crippen molar-refractivity contribution in [3.05, 3.63) is 46.1 Å². The van der Waals surface area contributed by atoms with Crippen LogP contribution in [-0.4, -0.2) is 32.9 Å². The Kier molecular flexibility index (Phi) is 3.78. The van der Waals surface area contributed by atoms with Crippen molar-refractivity contribution < 1.29 is 5.11 Å². The molecule has 0 bridgehead atoms. The molecular weight excluding hydrogens is 232 g/mol. The van der Waals surface area contributed by atoms with E-state index in [0.717, 1.165) is 11.3 Å².